The van der Waals surface area contributed by atoms with Gasteiger partial charge in [-0.3, -0.25) is 0 Å². The number of nitrogens with zero attached hydrogens (tertiary/aromatic N) is 2. The summed E-state index contributed by atoms with van der Waals surface area (Å²) in [6, 6.07) is 88.4. The Morgan fingerprint density at radius 1 is 0.194 bits per heavy atom. The summed E-state index contributed by atoms with van der Waals surface area (Å²) in [4.78, 5) is 0. The maximum Gasteiger partial charge on any atom is 0.0541 e. The molecule has 0 N–H and O–H groups in total. The summed E-state index contributed by atoms with van der Waals surface area (Å²) in [5.41, 5.74) is 19.1. The van der Waals surface area contributed by atoms with Crippen LogP contribution in [0.3, 0.4) is 0 Å². The minimum Gasteiger partial charge on any atom is -0.309 e. The van der Waals surface area contributed by atoms with Crippen LogP contribution in [-0.4, -0.2) is 9.13 Å². The Kier molecular flexibility index (Phi) is 8.53. The summed E-state index contributed by atoms with van der Waals surface area (Å²) in [7, 11) is 0. The highest BCUT2D eigenvalue weighted by atomic mass is 15.0. The van der Waals surface area contributed by atoms with Gasteiger partial charge in [-0.15, -0.1) is 0 Å². The fourth-order valence-corrected chi connectivity index (χ4v) is 9.57. The molecule has 12 aromatic rings. The maximum absolute atomic E-state index is 2.45. The standard InChI is InChI=1S/C60H40N2/c1-5-16-41(17-6-1)45-24-15-25-49(36-45)61-57-27-14-13-26-52(57)54-38-47(29-34-58(54)61)48-30-35-60-56(39-48)55-37-46(42-18-7-2-8-19-42)28-33-59(55)62(60)50-31-32-51(43-20-9-3-10-21-43)53(40-50)44-22-11-4-12-23-44/h1-40H. The molecule has 0 saturated heterocycles. The summed E-state index contributed by atoms with van der Waals surface area (Å²) >= 11 is 0. The average molecular weight is 789 g/mol. The first-order chi connectivity index (χ1) is 30.7. The SMILES string of the molecule is c1ccc(-c2cccc(-n3c4ccccc4c4cc(-c5ccc6c(c5)c5cc(-c7ccccc7)ccc5n6-c5ccc(-c6ccccc6)c(-c6ccccc6)c5)ccc43)c2)cc1. The molecule has 0 bridgehead atoms. The lowest BCUT2D eigenvalue weighted by Crippen LogP contribution is -1.96. The number of rotatable bonds is 7. The fourth-order valence-electron chi connectivity index (χ4n) is 9.57. The van der Waals surface area contributed by atoms with Gasteiger partial charge in [0.25, 0.3) is 0 Å². The summed E-state index contributed by atoms with van der Waals surface area (Å²) in [5.74, 6) is 0. The zero-order valence-corrected chi connectivity index (χ0v) is 34.0. The van der Waals surface area contributed by atoms with Gasteiger partial charge in [-0.25, -0.2) is 0 Å². The lowest BCUT2D eigenvalue weighted by molar-refractivity contribution is 1.18. The molecule has 0 fully saturated rings. The summed E-state index contributed by atoms with van der Waals surface area (Å²) < 4.78 is 4.86. The van der Waals surface area contributed by atoms with Crippen LogP contribution in [0.25, 0.3) is 111 Å². The number of hydrogen-bond donors (Lipinski definition) is 0. The number of benzene rings is 10. The molecule has 0 spiro atoms. The van der Waals surface area contributed by atoms with Crippen LogP contribution in [0.15, 0.2) is 243 Å². The number of fused-ring (bicyclic) bond motifs is 6. The van der Waals surface area contributed by atoms with Crippen molar-refractivity contribution < 1.29 is 0 Å². The van der Waals surface area contributed by atoms with E-state index < -0.39 is 0 Å². The van der Waals surface area contributed by atoms with E-state index in [0.29, 0.717) is 0 Å². The van der Waals surface area contributed by atoms with Crippen LogP contribution in [0.5, 0.6) is 0 Å². The van der Waals surface area contributed by atoms with Gasteiger partial charge in [-0.1, -0.05) is 176 Å². The van der Waals surface area contributed by atoms with E-state index in [2.05, 4.69) is 252 Å². The molecule has 2 heterocycles. The Morgan fingerprint density at radius 2 is 0.581 bits per heavy atom. The molecule has 10 aromatic carbocycles. The van der Waals surface area contributed by atoms with Crippen molar-refractivity contribution in [3.63, 3.8) is 0 Å². The smallest absolute Gasteiger partial charge is 0.0541 e. The summed E-state index contributed by atoms with van der Waals surface area (Å²) in [6.45, 7) is 0. The van der Waals surface area contributed by atoms with Crippen molar-refractivity contribution in [3.05, 3.63) is 243 Å². The molecule has 0 aliphatic rings. The summed E-state index contributed by atoms with van der Waals surface area (Å²) in [6.07, 6.45) is 0. The van der Waals surface area contributed by atoms with E-state index in [1.165, 1.54) is 99.2 Å². The van der Waals surface area contributed by atoms with Crippen LogP contribution in [0.1, 0.15) is 0 Å². The van der Waals surface area contributed by atoms with Crippen LogP contribution in [-0.2, 0) is 0 Å². The highest BCUT2D eigenvalue weighted by Gasteiger charge is 2.19. The normalized spacial score (nSPS) is 11.5. The van der Waals surface area contributed by atoms with Gasteiger partial charge in [-0.05, 0) is 122 Å². The van der Waals surface area contributed by atoms with E-state index in [-0.39, 0.29) is 0 Å². The molecule has 290 valence electrons. The molecule has 0 unspecified atom stereocenters. The Morgan fingerprint density at radius 3 is 1.13 bits per heavy atom. The molecule has 2 nitrogen and oxygen atoms in total. The van der Waals surface area contributed by atoms with E-state index in [0.717, 1.165) is 11.4 Å². The quantitative estimate of drug-likeness (QED) is 0.152. The second-order valence-electron chi connectivity index (χ2n) is 16.1. The largest absolute Gasteiger partial charge is 0.309 e. The van der Waals surface area contributed by atoms with Gasteiger partial charge in [-0.2, -0.15) is 0 Å². The first kappa shape index (κ1) is 35.7. The number of para-hydroxylation sites is 1. The van der Waals surface area contributed by atoms with Gasteiger partial charge in [0, 0.05) is 32.9 Å². The highest BCUT2D eigenvalue weighted by molar-refractivity contribution is 6.13. The molecule has 0 aliphatic heterocycles. The van der Waals surface area contributed by atoms with Crippen molar-refractivity contribution in [3.8, 4) is 67.0 Å². The lowest BCUT2D eigenvalue weighted by Gasteiger charge is -2.15. The molecule has 12 rings (SSSR count). The van der Waals surface area contributed by atoms with E-state index in [1.54, 1.807) is 0 Å². The van der Waals surface area contributed by atoms with Gasteiger partial charge in [0.1, 0.15) is 0 Å². The number of hydrogen-bond acceptors (Lipinski definition) is 0. The Balaban J connectivity index is 1.04. The van der Waals surface area contributed by atoms with Crippen LogP contribution in [0.4, 0.5) is 0 Å². The zero-order chi connectivity index (χ0) is 41.0. The van der Waals surface area contributed by atoms with E-state index in [4.69, 9.17) is 0 Å². The highest BCUT2D eigenvalue weighted by Crippen LogP contribution is 2.41. The average Bonchev–Trinajstić information content (AvgIpc) is 3.87. The van der Waals surface area contributed by atoms with Crippen molar-refractivity contribution in [1.82, 2.24) is 9.13 Å². The molecule has 2 heteroatoms. The molecule has 0 atom stereocenters. The lowest BCUT2D eigenvalue weighted by atomic mass is 9.94. The van der Waals surface area contributed by atoms with Gasteiger partial charge >= 0.3 is 0 Å². The predicted octanol–water partition coefficient (Wildman–Crippen LogP) is 16.2. The first-order valence-corrected chi connectivity index (χ1v) is 21.3. The molecule has 0 radical (unpaired) electrons. The first-order valence-electron chi connectivity index (χ1n) is 21.3. The van der Waals surface area contributed by atoms with Gasteiger partial charge < -0.3 is 9.13 Å². The third kappa shape index (κ3) is 6.04. The molecular formula is C60H40N2. The van der Waals surface area contributed by atoms with Crippen molar-refractivity contribution in [2.75, 3.05) is 0 Å². The molecule has 62 heavy (non-hydrogen) atoms. The Bertz CT molecular complexity index is 3600. The molecule has 0 aliphatic carbocycles. The topological polar surface area (TPSA) is 9.86 Å². The second-order valence-corrected chi connectivity index (χ2v) is 16.1. The van der Waals surface area contributed by atoms with Crippen LogP contribution in [0, 0.1) is 0 Å². The molecule has 0 saturated carbocycles. The van der Waals surface area contributed by atoms with Gasteiger partial charge in [0.05, 0.1) is 22.1 Å². The Labute approximate surface area is 360 Å². The molecular weight excluding hydrogens is 749 g/mol. The minimum absolute atomic E-state index is 1.13. The van der Waals surface area contributed by atoms with Crippen molar-refractivity contribution >= 4 is 43.6 Å². The van der Waals surface area contributed by atoms with E-state index >= 15 is 0 Å². The third-order valence-corrected chi connectivity index (χ3v) is 12.5. The zero-order valence-electron chi connectivity index (χ0n) is 34.0. The van der Waals surface area contributed by atoms with Gasteiger partial charge in [0.15, 0.2) is 0 Å². The molecule has 2 aromatic heterocycles. The monoisotopic (exact) mass is 788 g/mol. The Hall–Kier alpha value is -8.20. The molecule has 0 amide bonds. The minimum atomic E-state index is 1.13. The maximum atomic E-state index is 2.45. The van der Waals surface area contributed by atoms with Crippen LogP contribution >= 0.6 is 0 Å². The fraction of sp³-hybridized carbons (Fsp3) is 0. The summed E-state index contributed by atoms with van der Waals surface area (Å²) in [5, 5.41) is 4.94. The van der Waals surface area contributed by atoms with E-state index in [9.17, 15) is 0 Å². The van der Waals surface area contributed by atoms with Crippen molar-refractivity contribution in [1.29, 1.82) is 0 Å². The van der Waals surface area contributed by atoms with E-state index in [1.807, 2.05) is 0 Å². The van der Waals surface area contributed by atoms with Crippen molar-refractivity contribution in [2.24, 2.45) is 0 Å². The predicted molar refractivity (Wildman–Crippen MR) is 262 cm³/mol. The van der Waals surface area contributed by atoms with Crippen LogP contribution in [0.2, 0.25) is 0 Å². The third-order valence-electron chi connectivity index (χ3n) is 12.5. The second kappa shape index (κ2) is 14.8. The van der Waals surface area contributed by atoms with Crippen LogP contribution < -0.4 is 0 Å². The van der Waals surface area contributed by atoms with Gasteiger partial charge in [0.2, 0.25) is 0 Å². The number of aromatic nitrogens is 2. The van der Waals surface area contributed by atoms with Crippen molar-refractivity contribution in [2.45, 2.75) is 0 Å².